The average molecular weight is 393 g/mol. The molecule has 0 N–H and O–H groups in total. The van der Waals surface area contributed by atoms with Crippen molar-refractivity contribution in [3.05, 3.63) is 12.2 Å². The molecule has 0 amide bonds. The highest BCUT2D eigenvalue weighted by Crippen LogP contribution is 2.10. The molecule has 0 aromatic carbocycles. The monoisotopic (exact) mass is 392 g/mol. The van der Waals surface area contributed by atoms with Gasteiger partial charge in [0.15, 0.2) is 0 Å². The fourth-order valence-corrected chi connectivity index (χ4v) is 2.90. The molecule has 0 atom stereocenters. The molecule has 0 heterocycles. The summed E-state index contributed by atoms with van der Waals surface area (Å²) >= 11 is 0. The van der Waals surface area contributed by atoms with Crippen molar-refractivity contribution >= 4 is 6.29 Å². The van der Waals surface area contributed by atoms with Gasteiger partial charge in [0.1, 0.15) is 6.29 Å². The van der Waals surface area contributed by atoms with E-state index >= 15 is 0 Å². The molecule has 0 spiro atoms. The number of allylic oxidation sites excluding steroid dienone is 2. The molecule has 0 bridgehead atoms. The topological polar surface area (TPSA) is 35.5 Å². The first-order valence-electron chi connectivity index (χ1n) is 11.6. The summed E-state index contributed by atoms with van der Waals surface area (Å²) in [5.41, 5.74) is 0. The van der Waals surface area contributed by atoms with Crippen LogP contribution in [-0.2, 0) is 14.3 Å². The highest BCUT2D eigenvalue weighted by atomic mass is 16.5. The summed E-state index contributed by atoms with van der Waals surface area (Å²) in [7, 11) is 0. The zero-order valence-electron chi connectivity index (χ0n) is 18.4. The lowest BCUT2D eigenvalue weighted by Gasteiger charge is -2.04. The molecule has 0 aliphatic rings. The van der Waals surface area contributed by atoms with Crippen molar-refractivity contribution in [3.8, 4) is 11.8 Å². The Bertz CT molecular complexity index is 392. The van der Waals surface area contributed by atoms with Gasteiger partial charge in [-0.05, 0) is 31.8 Å². The van der Waals surface area contributed by atoms with Crippen LogP contribution in [0.15, 0.2) is 12.2 Å². The molecule has 0 fully saturated rings. The molecule has 0 aliphatic carbocycles. The Morgan fingerprint density at radius 3 is 2.00 bits per heavy atom. The number of carbonyl (C=O) groups is 1. The molecule has 0 saturated carbocycles. The Kier molecular flexibility index (Phi) is 24.9. The minimum atomic E-state index is 0.629. The van der Waals surface area contributed by atoms with Crippen LogP contribution in [0.3, 0.4) is 0 Å². The Labute approximate surface area is 174 Å². The summed E-state index contributed by atoms with van der Waals surface area (Å²) in [6.07, 6.45) is 23.2. The molecule has 0 aromatic rings. The van der Waals surface area contributed by atoms with Crippen LogP contribution in [-0.4, -0.2) is 32.7 Å². The van der Waals surface area contributed by atoms with E-state index in [1.165, 1.54) is 57.8 Å². The third-order valence-corrected chi connectivity index (χ3v) is 4.63. The lowest BCUT2D eigenvalue weighted by atomic mass is 10.1. The fraction of sp³-hybridized carbons (Fsp3) is 0.800. The number of hydrogen-bond donors (Lipinski definition) is 0. The molecule has 0 unspecified atom stereocenters. The number of rotatable bonds is 21. The number of aldehydes is 1. The second kappa shape index (κ2) is 25.9. The maximum Gasteiger partial charge on any atom is 0.119 e. The van der Waals surface area contributed by atoms with Gasteiger partial charge in [-0.25, -0.2) is 0 Å². The maximum atomic E-state index is 10.2. The first-order valence-corrected chi connectivity index (χ1v) is 11.6. The van der Waals surface area contributed by atoms with E-state index in [-0.39, 0.29) is 0 Å². The van der Waals surface area contributed by atoms with E-state index in [0.29, 0.717) is 26.2 Å². The maximum absolute atomic E-state index is 10.2. The Morgan fingerprint density at radius 2 is 1.29 bits per heavy atom. The van der Waals surface area contributed by atoms with Crippen molar-refractivity contribution in [2.45, 2.75) is 103 Å². The molecule has 162 valence electrons. The minimum absolute atomic E-state index is 0.629. The quantitative estimate of drug-likeness (QED) is 0.125. The second-order valence-corrected chi connectivity index (χ2v) is 7.33. The second-order valence-electron chi connectivity index (χ2n) is 7.33. The van der Waals surface area contributed by atoms with Crippen LogP contribution in [0.2, 0.25) is 0 Å². The van der Waals surface area contributed by atoms with Crippen LogP contribution >= 0.6 is 0 Å². The van der Waals surface area contributed by atoms with Crippen molar-refractivity contribution in [2.75, 3.05) is 26.4 Å². The average Bonchev–Trinajstić information content (AvgIpc) is 2.71. The van der Waals surface area contributed by atoms with Crippen LogP contribution in [0.4, 0.5) is 0 Å². The van der Waals surface area contributed by atoms with E-state index in [1.807, 2.05) is 6.08 Å². The standard InChI is InChI=1S/C25H44O3/c1-2-3-4-5-6-7-8-9-10-11-12-13-14-16-19-22-27-24-25-28-23-20-17-15-18-21-26/h12-13,21H,2-11,15,17-20,22-25H2,1H3. The van der Waals surface area contributed by atoms with Gasteiger partial charge in [-0.1, -0.05) is 82.6 Å². The SMILES string of the molecule is CCCCCCCCCCCC=CC#CCCOCCOCCCCCC=O. The first-order chi connectivity index (χ1) is 13.9. The molecule has 3 nitrogen and oxygen atoms in total. The lowest BCUT2D eigenvalue weighted by Crippen LogP contribution is -2.05. The zero-order valence-corrected chi connectivity index (χ0v) is 18.4. The summed E-state index contributed by atoms with van der Waals surface area (Å²) in [5.74, 6) is 6.21. The molecule has 0 radical (unpaired) electrons. The molecule has 0 saturated heterocycles. The van der Waals surface area contributed by atoms with Crippen molar-refractivity contribution in [1.82, 2.24) is 0 Å². The third kappa shape index (κ3) is 24.9. The Morgan fingerprint density at radius 1 is 0.679 bits per heavy atom. The normalized spacial score (nSPS) is 10.9. The highest BCUT2D eigenvalue weighted by Gasteiger charge is 1.92. The summed E-state index contributed by atoms with van der Waals surface area (Å²) in [4.78, 5) is 10.2. The van der Waals surface area contributed by atoms with Crippen molar-refractivity contribution in [2.24, 2.45) is 0 Å². The minimum Gasteiger partial charge on any atom is -0.379 e. The predicted molar refractivity (Wildman–Crippen MR) is 120 cm³/mol. The van der Waals surface area contributed by atoms with Crippen molar-refractivity contribution in [3.63, 3.8) is 0 Å². The largest absolute Gasteiger partial charge is 0.379 e. The highest BCUT2D eigenvalue weighted by molar-refractivity contribution is 5.48. The van der Waals surface area contributed by atoms with Crippen LogP contribution in [0.25, 0.3) is 0 Å². The van der Waals surface area contributed by atoms with Crippen molar-refractivity contribution in [1.29, 1.82) is 0 Å². The van der Waals surface area contributed by atoms with Crippen molar-refractivity contribution < 1.29 is 14.3 Å². The number of carbonyl (C=O) groups excluding carboxylic acids is 1. The molecule has 0 aliphatic heterocycles. The smallest absolute Gasteiger partial charge is 0.119 e. The molecule has 0 aromatic heterocycles. The number of unbranched alkanes of at least 4 members (excludes halogenated alkanes) is 12. The fourth-order valence-electron chi connectivity index (χ4n) is 2.90. The van der Waals surface area contributed by atoms with Gasteiger partial charge in [-0.3, -0.25) is 0 Å². The van der Waals surface area contributed by atoms with Gasteiger partial charge in [0.2, 0.25) is 0 Å². The van der Waals surface area contributed by atoms with Gasteiger partial charge >= 0.3 is 0 Å². The summed E-state index contributed by atoms with van der Waals surface area (Å²) in [6, 6.07) is 0. The predicted octanol–water partition coefficient (Wildman–Crippen LogP) is 6.65. The summed E-state index contributed by atoms with van der Waals surface area (Å²) < 4.78 is 11.0. The molecule has 3 heteroatoms. The van der Waals surface area contributed by atoms with Gasteiger partial charge < -0.3 is 14.3 Å². The van der Waals surface area contributed by atoms with E-state index < -0.39 is 0 Å². The third-order valence-electron chi connectivity index (χ3n) is 4.63. The van der Waals surface area contributed by atoms with E-state index in [4.69, 9.17) is 9.47 Å². The molecule has 0 rings (SSSR count). The number of hydrogen-bond acceptors (Lipinski definition) is 3. The molecule has 28 heavy (non-hydrogen) atoms. The van der Waals surface area contributed by atoms with Crippen LogP contribution < -0.4 is 0 Å². The van der Waals surface area contributed by atoms with Crippen LogP contribution in [0, 0.1) is 11.8 Å². The van der Waals surface area contributed by atoms with E-state index in [9.17, 15) is 4.79 Å². The summed E-state index contributed by atoms with van der Waals surface area (Å²) in [6.45, 7) is 4.96. The van der Waals surface area contributed by atoms with E-state index in [0.717, 1.165) is 45.0 Å². The van der Waals surface area contributed by atoms with Crippen LogP contribution in [0.5, 0.6) is 0 Å². The number of ether oxygens (including phenoxy) is 2. The Balaban J connectivity index is 3.19. The van der Waals surface area contributed by atoms with Gasteiger partial charge in [-0.2, -0.15) is 0 Å². The first kappa shape index (κ1) is 26.9. The van der Waals surface area contributed by atoms with E-state index in [2.05, 4.69) is 24.8 Å². The van der Waals surface area contributed by atoms with Gasteiger partial charge in [0.05, 0.1) is 19.8 Å². The molecular weight excluding hydrogens is 348 g/mol. The van der Waals surface area contributed by atoms with Gasteiger partial charge in [-0.15, -0.1) is 0 Å². The van der Waals surface area contributed by atoms with Gasteiger partial charge in [0, 0.05) is 19.4 Å². The lowest BCUT2D eigenvalue weighted by molar-refractivity contribution is -0.107. The van der Waals surface area contributed by atoms with Crippen LogP contribution in [0.1, 0.15) is 103 Å². The summed E-state index contributed by atoms with van der Waals surface area (Å²) in [5, 5.41) is 0. The van der Waals surface area contributed by atoms with Gasteiger partial charge in [0.25, 0.3) is 0 Å². The molecular formula is C25H44O3. The zero-order chi connectivity index (χ0) is 20.4. The van der Waals surface area contributed by atoms with E-state index in [1.54, 1.807) is 0 Å². The Hall–Kier alpha value is -1.11.